The number of hydrogen-bond donors (Lipinski definition) is 1. The zero-order chi connectivity index (χ0) is 13.9. The minimum Gasteiger partial charge on any atom is -0.337 e. The van der Waals surface area contributed by atoms with Gasteiger partial charge in [0.15, 0.2) is 0 Å². The van der Waals surface area contributed by atoms with Crippen molar-refractivity contribution in [3.05, 3.63) is 35.9 Å². The van der Waals surface area contributed by atoms with E-state index < -0.39 is 0 Å². The number of carbonyl (C=O) groups excluding carboxylic acids is 1. The van der Waals surface area contributed by atoms with Crippen LogP contribution in [0.4, 0.5) is 0 Å². The molecule has 1 N–H and O–H groups in total. The summed E-state index contributed by atoms with van der Waals surface area (Å²) in [6.07, 6.45) is 0.571. The minimum absolute atomic E-state index is 0.108. The van der Waals surface area contributed by atoms with E-state index in [9.17, 15) is 4.79 Å². The molecular formula is C16H24N2O. The van der Waals surface area contributed by atoms with Crippen molar-refractivity contribution in [1.82, 2.24) is 10.2 Å². The number of rotatable bonds is 3. The van der Waals surface area contributed by atoms with E-state index in [1.54, 1.807) is 0 Å². The van der Waals surface area contributed by atoms with Crippen molar-refractivity contribution in [2.45, 2.75) is 38.6 Å². The first kappa shape index (κ1) is 14.1. The molecule has 0 unspecified atom stereocenters. The summed E-state index contributed by atoms with van der Waals surface area (Å²) >= 11 is 0. The molecule has 1 saturated heterocycles. The number of nitrogens with zero attached hydrogens (tertiary/aromatic N) is 1. The third-order valence-corrected chi connectivity index (χ3v) is 3.97. The van der Waals surface area contributed by atoms with Gasteiger partial charge in [-0.25, -0.2) is 0 Å². The van der Waals surface area contributed by atoms with Crippen molar-refractivity contribution in [3.63, 3.8) is 0 Å². The Kier molecular flexibility index (Phi) is 4.25. The summed E-state index contributed by atoms with van der Waals surface area (Å²) in [5.41, 5.74) is 1.12. The Labute approximate surface area is 116 Å². The van der Waals surface area contributed by atoms with E-state index in [-0.39, 0.29) is 11.3 Å². The Balaban J connectivity index is 2.05. The molecule has 1 aliphatic heterocycles. The highest BCUT2D eigenvalue weighted by atomic mass is 16.2. The molecule has 0 spiro atoms. The molecule has 19 heavy (non-hydrogen) atoms. The lowest BCUT2D eigenvalue weighted by molar-refractivity contribution is -0.135. The Bertz CT molecular complexity index is 428. The van der Waals surface area contributed by atoms with Crippen molar-refractivity contribution < 1.29 is 4.79 Å². The van der Waals surface area contributed by atoms with Gasteiger partial charge in [-0.05, 0) is 17.9 Å². The van der Waals surface area contributed by atoms with Crippen molar-refractivity contribution >= 4 is 5.91 Å². The Morgan fingerprint density at radius 3 is 2.68 bits per heavy atom. The smallest absolute Gasteiger partial charge is 0.223 e. The zero-order valence-electron chi connectivity index (χ0n) is 12.1. The second-order valence-electron chi connectivity index (χ2n) is 6.07. The molecule has 1 aliphatic rings. The summed E-state index contributed by atoms with van der Waals surface area (Å²) in [4.78, 5) is 14.5. The van der Waals surface area contributed by atoms with E-state index in [2.05, 4.69) is 38.2 Å². The molecule has 1 atom stereocenters. The Hall–Kier alpha value is -1.35. The van der Waals surface area contributed by atoms with Crippen LogP contribution in [0.15, 0.2) is 30.3 Å². The number of benzene rings is 1. The summed E-state index contributed by atoms with van der Waals surface area (Å²) in [5, 5.41) is 3.32. The molecule has 0 saturated carbocycles. The van der Waals surface area contributed by atoms with Crippen LogP contribution in [0.1, 0.15) is 32.8 Å². The fourth-order valence-electron chi connectivity index (χ4n) is 2.68. The molecule has 3 nitrogen and oxygen atoms in total. The van der Waals surface area contributed by atoms with Gasteiger partial charge in [-0.3, -0.25) is 4.79 Å². The normalized spacial score (nSPS) is 20.4. The van der Waals surface area contributed by atoms with Gasteiger partial charge in [0.25, 0.3) is 0 Å². The van der Waals surface area contributed by atoms with Gasteiger partial charge in [-0.15, -0.1) is 0 Å². The lowest BCUT2D eigenvalue weighted by Crippen LogP contribution is -2.53. The summed E-state index contributed by atoms with van der Waals surface area (Å²) in [6.45, 7) is 9.03. The van der Waals surface area contributed by atoms with E-state index in [1.165, 1.54) is 5.56 Å². The lowest BCUT2D eigenvalue weighted by Gasteiger charge is -2.36. The predicted octanol–water partition coefficient (Wildman–Crippen LogP) is 2.17. The van der Waals surface area contributed by atoms with Gasteiger partial charge in [-0.2, -0.15) is 0 Å². The van der Waals surface area contributed by atoms with E-state index in [1.807, 2.05) is 23.1 Å². The molecule has 1 amide bonds. The Morgan fingerprint density at radius 2 is 2.05 bits per heavy atom. The molecule has 1 aromatic carbocycles. The van der Waals surface area contributed by atoms with Gasteiger partial charge in [-0.1, -0.05) is 44.2 Å². The summed E-state index contributed by atoms with van der Waals surface area (Å²) < 4.78 is 0. The highest BCUT2D eigenvalue weighted by molar-refractivity contribution is 5.78. The monoisotopic (exact) mass is 260 g/mol. The maximum Gasteiger partial charge on any atom is 0.223 e. The van der Waals surface area contributed by atoms with Crippen LogP contribution in [0.25, 0.3) is 0 Å². The average Bonchev–Trinajstić information content (AvgIpc) is 2.39. The number of amides is 1. The number of carbonyl (C=O) groups is 1. The molecular weight excluding hydrogens is 236 g/mol. The highest BCUT2D eigenvalue weighted by Gasteiger charge is 2.29. The third kappa shape index (κ3) is 3.35. The third-order valence-electron chi connectivity index (χ3n) is 3.97. The Morgan fingerprint density at radius 1 is 1.37 bits per heavy atom. The fraction of sp³-hybridized carbons (Fsp3) is 0.562. The van der Waals surface area contributed by atoms with Gasteiger partial charge in [0, 0.05) is 32.1 Å². The number of nitrogens with one attached hydrogen (secondary N) is 1. The molecule has 1 fully saturated rings. The van der Waals surface area contributed by atoms with E-state index >= 15 is 0 Å². The second-order valence-corrected chi connectivity index (χ2v) is 6.07. The summed E-state index contributed by atoms with van der Waals surface area (Å²) in [5.74, 6) is 0.267. The van der Waals surface area contributed by atoms with Crippen LogP contribution in [0.5, 0.6) is 0 Å². The van der Waals surface area contributed by atoms with E-state index in [4.69, 9.17) is 0 Å². The molecule has 1 aromatic rings. The zero-order valence-corrected chi connectivity index (χ0v) is 12.1. The second kappa shape index (κ2) is 5.74. The first-order chi connectivity index (χ1) is 9.00. The van der Waals surface area contributed by atoms with Crippen LogP contribution in [0.2, 0.25) is 0 Å². The van der Waals surface area contributed by atoms with Crippen molar-refractivity contribution in [2.75, 3.05) is 19.6 Å². The van der Waals surface area contributed by atoms with Crippen LogP contribution in [-0.2, 0) is 10.2 Å². The standard InChI is InChI=1S/C16H24N2O/c1-13-12-17-9-10-18(13)15(19)11-16(2,3)14-7-5-4-6-8-14/h4-8,13,17H,9-12H2,1-3H3/t13-/m0/s1. The van der Waals surface area contributed by atoms with Gasteiger partial charge in [0.1, 0.15) is 0 Å². The topological polar surface area (TPSA) is 32.3 Å². The van der Waals surface area contributed by atoms with Gasteiger partial charge >= 0.3 is 0 Å². The van der Waals surface area contributed by atoms with Gasteiger partial charge in [0.05, 0.1) is 0 Å². The van der Waals surface area contributed by atoms with Gasteiger partial charge < -0.3 is 10.2 Å². The lowest BCUT2D eigenvalue weighted by atomic mass is 9.81. The summed E-state index contributed by atoms with van der Waals surface area (Å²) in [6, 6.07) is 10.6. The average molecular weight is 260 g/mol. The van der Waals surface area contributed by atoms with Crippen LogP contribution in [0.3, 0.4) is 0 Å². The largest absolute Gasteiger partial charge is 0.337 e. The molecule has 0 radical (unpaired) electrons. The molecule has 0 aliphatic carbocycles. The van der Waals surface area contributed by atoms with Crippen LogP contribution in [-0.4, -0.2) is 36.5 Å². The molecule has 2 rings (SSSR count). The van der Waals surface area contributed by atoms with E-state index in [0.717, 1.165) is 19.6 Å². The maximum absolute atomic E-state index is 12.5. The first-order valence-electron chi connectivity index (χ1n) is 7.06. The summed E-state index contributed by atoms with van der Waals surface area (Å²) in [7, 11) is 0. The fourth-order valence-corrected chi connectivity index (χ4v) is 2.68. The van der Waals surface area contributed by atoms with Crippen LogP contribution >= 0.6 is 0 Å². The van der Waals surface area contributed by atoms with Crippen LogP contribution < -0.4 is 5.32 Å². The molecule has 3 heteroatoms. The van der Waals surface area contributed by atoms with Gasteiger partial charge in [0.2, 0.25) is 5.91 Å². The van der Waals surface area contributed by atoms with E-state index in [0.29, 0.717) is 12.5 Å². The quantitative estimate of drug-likeness (QED) is 0.903. The highest BCUT2D eigenvalue weighted by Crippen LogP contribution is 2.28. The predicted molar refractivity (Wildman–Crippen MR) is 78.1 cm³/mol. The van der Waals surface area contributed by atoms with Crippen LogP contribution in [0, 0.1) is 0 Å². The molecule has 1 heterocycles. The molecule has 104 valence electrons. The number of hydrogen-bond acceptors (Lipinski definition) is 2. The van der Waals surface area contributed by atoms with Crippen molar-refractivity contribution in [3.8, 4) is 0 Å². The molecule has 0 bridgehead atoms. The molecule has 0 aromatic heterocycles. The van der Waals surface area contributed by atoms with Crippen molar-refractivity contribution in [2.24, 2.45) is 0 Å². The van der Waals surface area contributed by atoms with Crippen molar-refractivity contribution in [1.29, 1.82) is 0 Å². The first-order valence-corrected chi connectivity index (χ1v) is 7.06. The minimum atomic E-state index is -0.108. The number of piperazine rings is 1. The maximum atomic E-state index is 12.5. The SMILES string of the molecule is C[C@H]1CNCCN1C(=O)CC(C)(C)c1ccccc1.